The summed E-state index contributed by atoms with van der Waals surface area (Å²) in [6, 6.07) is 1.97. The molecule has 1 N–H and O–H groups in total. The Bertz CT molecular complexity index is 268. The molecule has 0 atom stereocenters. The molecule has 0 spiro atoms. The third-order valence-electron chi connectivity index (χ3n) is 1.31. The van der Waals surface area contributed by atoms with Crippen LogP contribution in [0.2, 0.25) is 0 Å². The summed E-state index contributed by atoms with van der Waals surface area (Å²) in [5, 5.41) is 5.85. The number of rotatable bonds is 0. The first kappa shape index (κ1) is 6.12. The Hall–Kier alpha value is -0.610. The number of ether oxygens (including phenoxy) is 1. The predicted molar refractivity (Wildman–Crippen MR) is 44.6 cm³/mol. The summed E-state index contributed by atoms with van der Waals surface area (Å²) >= 11 is 6.61. The van der Waals surface area contributed by atoms with E-state index in [0.717, 1.165) is 15.6 Å². The van der Waals surface area contributed by atoms with Crippen molar-refractivity contribution in [3.63, 3.8) is 0 Å². The summed E-state index contributed by atoms with van der Waals surface area (Å²) in [6.45, 7) is 0.506. The van der Waals surface area contributed by atoms with Crippen LogP contribution in [0.1, 0.15) is 5.56 Å². The van der Waals surface area contributed by atoms with Gasteiger partial charge in [0.1, 0.15) is 4.99 Å². The largest absolute Gasteiger partial charge is 0.463 e. The van der Waals surface area contributed by atoms with Crippen LogP contribution in [0, 0.1) is 0 Å². The molecule has 0 amide bonds. The first-order valence-electron chi connectivity index (χ1n) is 2.86. The SMILES string of the molecule is S=C1NCOc2sccc21. The third kappa shape index (κ3) is 0.803. The van der Waals surface area contributed by atoms with Crippen molar-refractivity contribution in [2.45, 2.75) is 0 Å². The van der Waals surface area contributed by atoms with Crippen molar-refractivity contribution < 1.29 is 4.74 Å². The summed E-state index contributed by atoms with van der Waals surface area (Å²) in [4.78, 5) is 0.794. The van der Waals surface area contributed by atoms with E-state index in [-0.39, 0.29) is 0 Å². The first-order valence-corrected chi connectivity index (χ1v) is 4.15. The zero-order valence-corrected chi connectivity index (χ0v) is 6.72. The molecule has 2 heterocycles. The monoisotopic (exact) mass is 171 g/mol. The second kappa shape index (κ2) is 2.21. The predicted octanol–water partition coefficient (Wildman–Crippen LogP) is 1.36. The lowest BCUT2D eigenvalue weighted by atomic mass is 10.3. The van der Waals surface area contributed by atoms with Crippen LogP contribution in [0.15, 0.2) is 11.4 Å². The van der Waals surface area contributed by atoms with Crippen molar-refractivity contribution in [1.29, 1.82) is 0 Å². The highest BCUT2D eigenvalue weighted by atomic mass is 32.1. The minimum Gasteiger partial charge on any atom is -0.463 e. The fraction of sp³-hybridized carbons (Fsp3) is 0.167. The lowest BCUT2D eigenvalue weighted by Gasteiger charge is -2.15. The molecule has 10 heavy (non-hydrogen) atoms. The molecule has 0 fully saturated rings. The van der Waals surface area contributed by atoms with Crippen molar-refractivity contribution >= 4 is 28.5 Å². The molecule has 0 unspecified atom stereocenters. The van der Waals surface area contributed by atoms with E-state index in [1.165, 1.54) is 0 Å². The van der Waals surface area contributed by atoms with E-state index in [2.05, 4.69) is 5.32 Å². The topological polar surface area (TPSA) is 21.3 Å². The summed E-state index contributed by atoms with van der Waals surface area (Å²) in [6.07, 6.45) is 0. The van der Waals surface area contributed by atoms with Crippen LogP contribution in [-0.2, 0) is 0 Å². The fourth-order valence-corrected chi connectivity index (χ4v) is 1.87. The van der Waals surface area contributed by atoms with Gasteiger partial charge >= 0.3 is 0 Å². The van der Waals surface area contributed by atoms with E-state index in [0.29, 0.717) is 6.73 Å². The maximum atomic E-state index is 5.25. The number of thiophene rings is 1. The first-order chi connectivity index (χ1) is 4.88. The lowest BCUT2D eigenvalue weighted by molar-refractivity contribution is 0.310. The van der Waals surface area contributed by atoms with E-state index >= 15 is 0 Å². The standard InChI is InChI=1S/C6H5NOS2/c9-5-4-1-2-10-6(4)8-3-7-5/h1-2H,3H2,(H,7,9). The molecule has 4 heteroatoms. The van der Waals surface area contributed by atoms with Gasteiger partial charge in [0.05, 0.1) is 5.56 Å². The van der Waals surface area contributed by atoms with E-state index in [1.807, 2.05) is 11.4 Å². The maximum Gasteiger partial charge on any atom is 0.186 e. The molecule has 0 saturated heterocycles. The van der Waals surface area contributed by atoms with Crippen LogP contribution in [0.3, 0.4) is 0 Å². The molecule has 0 aliphatic carbocycles. The van der Waals surface area contributed by atoms with Gasteiger partial charge in [-0.05, 0) is 11.4 Å². The van der Waals surface area contributed by atoms with Gasteiger partial charge in [-0.15, -0.1) is 11.3 Å². The molecule has 0 aromatic carbocycles. The Kier molecular flexibility index (Phi) is 1.35. The van der Waals surface area contributed by atoms with Gasteiger partial charge in [0.25, 0.3) is 0 Å². The second-order valence-corrected chi connectivity index (χ2v) is 3.20. The van der Waals surface area contributed by atoms with Crippen LogP contribution in [-0.4, -0.2) is 11.7 Å². The number of hydrogen-bond acceptors (Lipinski definition) is 3. The normalized spacial score (nSPS) is 15.4. The molecular weight excluding hydrogens is 166 g/mol. The zero-order chi connectivity index (χ0) is 6.97. The van der Waals surface area contributed by atoms with E-state index in [4.69, 9.17) is 17.0 Å². The average molecular weight is 171 g/mol. The smallest absolute Gasteiger partial charge is 0.186 e. The van der Waals surface area contributed by atoms with Crippen molar-refractivity contribution in [1.82, 2.24) is 5.32 Å². The van der Waals surface area contributed by atoms with Crippen LogP contribution in [0.4, 0.5) is 0 Å². The van der Waals surface area contributed by atoms with Crippen molar-refractivity contribution in [2.24, 2.45) is 0 Å². The lowest BCUT2D eigenvalue weighted by Crippen LogP contribution is -2.31. The van der Waals surface area contributed by atoms with Crippen LogP contribution in [0.5, 0.6) is 5.06 Å². The quantitative estimate of drug-likeness (QED) is 0.596. The minimum absolute atomic E-state index is 0.506. The second-order valence-electron chi connectivity index (χ2n) is 1.92. The van der Waals surface area contributed by atoms with E-state index in [9.17, 15) is 0 Å². The highest BCUT2D eigenvalue weighted by Crippen LogP contribution is 2.27. The molecule has 2 rings (SSSR count). The maximum absolute atomic E-state index is 5.25. The highest BCUT2D eigenvalue weighted by Gasteiger charge is 2.14. The number of hydrogen-bond donors (Lipinski definition) is 1. The van der Waals surface area contributed by atoms with Gasteiger partial charge < -0.3 is 10.1 Å². The Morgan fingerprint density at radius 3 is 3.40 bits per heavy atom. The molecule has 1 aliphatic rings. The van der Waals surface area contributed by atoms with Crippen molar-refractivity contribution in [2.75, 3.05) is 6.73 Å². The molecule has 1 aromatic rings. The highest BCUT2D eigenvalue weighted by molar-refractivity contribution is 7.80. The van der Waals surface area contributed by atoms with E-state index in [1.54, 1.807) is 11.3 Å². The van der Waals surface area contributed by atoms with Gasteiger partial charge in [0.2, 0.25) is 0 Å². The summed E-state index contributed by atoms with van der Waals surface area (Å²) in [7, 11) is 0. The number of fused-ring (bicyclic) bond motifs is 1. The molecule has 0 bridgehead atoms. The van der Waals surface area contributed by atoms with Gasteiger partial charge in [0.15, 0.2) is 11.8 Å². The van der Waals surface area contributed by atoms with Gasteiger partial charge in [0, 0.05) is 0 Å². The molecule has 0 radical (unpaired) electrons. The van der Waals surface area contributed by atoms with Crippen LogP contribution >= 0.6 is 23.6 Å². The summed E-state index contributed by atoms with van der Waals surface area (Å²) < 4.78 is 5.25. The van der Waals surface area contributed by atoms with Crippen LogP contribution in [0.25, 0.3) is 0 Å². The number of nitrogens with one attached hydrogen (secondary N) is 1. The fourth-order valence-electron chi connectivity index (χ4n) is 0.838. The van der Waals surface area contributed by atoms with Gasteiger partial charge in [-0.3, -0.25) is 0 Å². The molecule has 1 aromatic heterocycles. The van der Waals surface area contributed by atoms with Gasteiger partial charge in [-0.25, -0.2) is 0 Å². The van der Waals surface area contributed by atoms with Gasteiger partial charge in [-0.1, -0.05) is 12.2 Å². The Morgan fingerprint density at radius 1 is 1.70 bits per heavy atom. The Morgan fingerprint density at radius 2 is 2.60 bits per heavy atom. The molecule has 2 nitrogen and oxygen atoms in total. The molecule has 52 valence electrons. The van der Waals surface area contributed by atoms with Crippen molar-refractivity contribution in [3.8, 4) is 5.06 Å². The summed E-state index contributed by atoms with van der Waals surface area (Å²) in [5.41, 5.74) is 1.02. The molecular formula is C6H5NOS2. The molecule has 0 saturated carbocycles. The summed E-state index contributed by atoms with van der Waals surface area (Å²) in [5.74, 6) is 0. The Balaban J connectivity index is 2.50. The zero-order valence-electron chi connectivity index (χ0n) is 5.09. The van der Waals surface area contributed by atoms with Crippen LogP contribution < -0.4 is 10.1 Å². The third-order valence-corrected chi connectivity index (χ3v) is 2.50. The average Bonchev–Trinajstić information content (AvgIpc) is 2.36. The Labute approximate surface area is 67.8 Å². The number of thiocarbonyl (C=S) groups is 1. The van der Waals surface area contributed by atoms with Gasteiger partial charge in [-0.2, -0.15) is 0 Å². The van der Waals surface area contributed by atoms with Crippen molar-refractivity contribution in [3.05, 3.63) is 17.0 Å². The van der Waals surface area contributed by atoms with E-state index < -0.39 is 0 Å². The minimum atomic E-state index is 0.506. The molecule has 1 aliphatic heterocycles.